The SMILES string of the molecule is CN(C)CCN(Cc1ncccc1Br)C(=O)CNc1cccc2c1CN(C1CCC1)CC2. The van der Waals surface area contributed by atoms with E-state index in [-0.39, 0.29) is 12.5 Å². The van der Waals surface area contributed by atoms with Crippen molar-refractivity contribution in [3.8, 4) is 0 Å². The number of aromatic nitrogens is 1. The normalized spacial score (nSPS) is 16.5. The van der Waals surface area contributed by atoms with Gasteiger partial charge in [-0.1, -0.05) is 18.6 Å². The number of likely N-dealkylation sites (N-methyl/N-ethyl adjacent to an activating group) is 1. The molecule has 1 aromatic carbocycles. The molecule has 4 rings (SSSR count). The Balaban J connectivity index is 1.43. The van der Waals surface area contributed by atoms with Crippen LogP contribution in [0, 0.1) is 0 Å². The summed E-state index contributed by atoms with van der Waals surface area (Å²) in [5.41, 5.74) is 4.77. The van der Waals surface area contributed by atoms with Gasteiger partial charge in [-0.3, -0.25) is 14.7 Å². The predicted octanol–water partition coefficient (Wildman–Crippen LogP) is 3.76. The van der Waals surface area contributed by atoms with Gasteiger partial charge >= 0.3 is 0 Å². The van der Waals surface area contributed by atoms with Gasteiger partial charge in [0.05, 0.1) is 18.8 Å². The van der Waals surface area contributed by atoms with Crippen LogP contribution in [-0.4, -0.2) is 71.9 Å². The summed E-state index contributed by atoms with van der Waals surface area (Å²) in [6.07, 6.45) is 6.88. The lowest BCUT2D eigenvalue weighted by atomic mass is 9.88. The topological polar surface area (TPSA) is 51.7 Å². The molecule has 1 aliphatic carbocycles. The number of amides is 1. The second kappa shape index (κ2) is 10.8. The van der Waals surface area contributed by atoms with Gasteiger partial charge in [0.2, 0.25) is 5.91 Å². The van der Waals surface area contributed by atoms with E-state index in [0.29, 0.717) is 13.1 Å². The van der Waals surface area contributed by atoms with Crippen LogP contribution in [0.15, 0.2) is 41.0 Å². The minimum Gasteiger partial charge on any atom is -0.376 e. The molecule has 2 aliphatic rings. The van der Waals surface area contributed by atoms with Gasteiger partial charge in [-0.05, 0) is 78.6 Å². The minimum atomic E-state index is 0.0914. The van der Waals surface area contributed by atoms with Crippen molar-refractivity contribution < 1.29 is 4.79 Å². The molecular formula is C25H34BrN5O. The molecule has 1 saturated carbocycles. The smallest absolute Gasteiger partial charge is 0.242 e. The second-order valence-electron chi connectivity index (χ2n) is 9.15. The van der Waals surface area contributed by atoms with Crippen LogP contribution in [0.2, 0.25) is 0 Å². The van der Waals surface area contributed by atoms with Crippen LogP contribution in [0.4, 0.5) is 5.69 Å². The van der Waals surface area contributed by atoms with Crippen molar-refractivity contribution in [2.24, 2.45) is 0 Å². The summed E-state index contributed by atoms with van der Waals surface area (Å²) < 4.78 is 0.934. The molecule has 0 radical (unpaired) electrons. The van der Waals surface area contributed by atoms with Gasteiger partial charge in [0.1, 0.15) is 0 Å². The lowest BCUT2D eigenvalue weighted by molar-refractivity contribution is -0.130. The van der Waals surface area contributed by atoms with Gasteiger partial charge in [-0.2, -0.15) is 0 Å². The van der Waals surface area contributed by atoms with E-state index in [1.165, 1.54) is 30.4 Å². The van der Waals surface area contributed by atoms with Crippen molar-refractivity contribution in [2.75, 3.05) is 45.6 Å². The third-order valence-corrected chi connectivity index (χ3v) is 7.39. The first-order chi connectivity index (χ1) is 15.5. The van der Waals surface area contributed by atoms with Crippen LogP contribution in [0.1, 0.15) is 36.1 Å². The largest absolute Gasteiger partial charge is 0.376 e. The van der Waals surface area contributed by atoms with E-state index in [1.54, 1.807) is 6.20 Å². The van der Waals surface area contributed by atoms with Gasteiger partial charge in [0.15, 0.2) is 0 Å². The molecule has 0 saturated heterocycles. The molecule has 0 unspecified atom stereocenters. The predicted molar refractivity (Wildman–Crippen MR) is 133 cm³/mol. The summed E-state index contributed by atoms with van der Waals surface area (Å²) in [6, 6.07) is 11.1. The molecule has 1 aromatic heterocycles. The average Bonchev–Trinajstić information content (AvgIpc) is 2.75. The first-order valence-corrected chi connectivity index (χ1v) is 12.4. The Labute approximate surface area is 200 Å². The van der Waals surface area contributed by atoms with Crippen molar-refractivity contribution in [2.45, 2.75) is 44.8 Å². The van der Waals surface area contributed by atoms with Crippen molar-refractivity contribution in [3.05, 3.63) is 57.8 Å². The maximum absolute atomic E-state index is 13.2. The fraction of sp³-hybridized carbons (Fsp3) is 0.520. The van der Waals surface area contributed by atoms with E-state index in [4.69, 9.17) is 0 Å². The lowest BCUT2D eigenvalue weighted by Gasteiger charge is -2.41. The van der Waals surface area contributed by atoms with Gasteiger partial charge < -0.3 is 15.1 Å². The maximum Gasteiger partial charge on any atom is 0.242 e. The highest BCUT2D eigenvalue weighted by Gasteiger charge is 2.29. The number of rotatable bonds is 9. The lowest BCUT2D eigenvalue weighted by Crippen LogP contribution is -2.43. The van der Waals surface area contributed by atoms with Crippen LogP contribution in [0.25, 0.3) is 0 Å². The zero-order valence-corrected chi connectivity index (χ0v) is 20.8. The molecule has 0 atom stereocenters. The number of carbonyl (C=O) groups is 1. The molecule has 32 heavy (non-hydrogen) atoms. The number of anilines is 1. The zero-order chi connectivity index (χ0) is 22.5. The average molecular weight is 500 g/mol. The van der Waals surface area contributed by atoms with Crippen LogP contribution in [0.3, 0.4) is 0 Å². The molecule has 6 nitrogen and oxygen atoms in total. The fourth-order valence-corrected chi connectivity index (χ4v) is 4.82. The Morgan fingerprint density at radius 1 is 1.22 bits per heavy atom. The molecule has 1 aliphatic heterocycles. The summed E-state index contributed by atoms with van der Waals surface area (Å²) in [5, 5.41) is 3.47. The quantitative estimate of drug-likeness (QED) is 0.569. The molecule has 2 heterocycles. The molecule has 2 aromatic rings. The highest BCUT2D eigenvalue weighted by atomic mass is 79.9. The van der Waals surface area contributed by atoms with Gasteiger partial charge in [0.25, 0.3) is 0 Å². The standard InChI is InChI=1S/C25H34BrN5O/c1-29(2)14-15-31(18-24-22(26)9-5-12-27-24)25(32)16-28-23-10-3-6-19-11-13-30(17-21(19)23)20-7-4-8-20/h3,5-6,9-10,12,20,28H,4,7-8,11,13-18H2,1-2H3. The number of carbonyl (C=O) groups excluding carboxylic acids is 1. The van der Waals surface area contributed by atoms with Crippen LogP contribution < -0.4 is 5.32 Å². The third kappa shape index (κ3) is 5.69. The Morgan fingerprint density at radius 3 is 2.78 bits per heavy atom. The third-order valence-electron chi connectivity index (χ3n) is 6.67. The van der Waals surface area contributed by atoms with Crippen LogP contribution >= 0.6 is 15.9 Å². The number of pyridine rings is 1. The molecule has 0 bridgehead atoms. The van der Waals surface area contributed by atoms with Gasteiger partial charge in [0, 0.05) is 48.6 Å². The summed E-state index contributed by atoms with van der Waals surface area (Å²) >= 11 is 3.57. The second-order valence-corrected chi connectivity index (χ2v) is 10.0. The van der Waals surface area contributed by atoms with E-state index >= 15 is 0 Å². The van der Waals surface area contributed by atoms with Crippen LogP contribution in [0.5, 0.6) is 0 Å². The molecular weight excluding hydrogens is 466 g/mol. The number of halogens is 1. The summed E-state index contributed by atoms with van der Waals surface area (Å²) in [7, 11) is 4.06. The molecule has 1 fully saturated rings. The Morgan fingerprint density at radius 2 is 2.06 bits per heavy atom. The molecule has 1 N–H and O–H groups in total. The number of fused-ring (bicyclic) bond motifs is 1. The molecule has 7 heteroatoms. The summed E-state index contributed by atoms with van der Waals surface area (Å²) in [6.45, 7) is 4.40. The van der Waals surface area contributed by atoms with Crippen molar-refractivity contribution in [1.29, 1.82) is 0 Å². The van der Waals surface area contributed by atoms with E-state index < -0.39 is 0 Å². The van der Waals surface area contributed by atoms with Crippen molar-refractivity contribution in [3.63, 3.8) is 0 Å². The minimum absolute atomic E-state index is 0.0914. The first-order valence-electron chi connectivity index (χ1n) is 11.6. The monoisotopic (exact) mass is 499 g/mol. The fourth-order valence-electron chi connectivity index (χ4n) is 4.44. The molecule has 0 spiro atoms. The van der Waals surface area contributed by atoms with Crippen molar-refractivity contribution >= 4 is 27.5 Å². The number of nitrogens with zero attached hydrogens (tertiary/aromatic N) is 4. The highest BCUT2D eigenvalue weighted by molar-refractivity contribution is 9.10. The number of benzene rings is 1. The Bertz CT molecular complexity index is 930. The number of hydrogen-bond donors (Lipinski definition) is 1. The van der Waals surface area contributed by atoms with E-state index in [1.807, 2.05) is 31.1 Å². The zero-order valence-electron chi connectivity index (χ0n) is 19.2. The molecule has 1 amide bonds. The van der Waals surface area contributed by atoms with Gasteiger partial charge in [-0.15, -0.1) is 0 Å². The summed E-state index contributed by atoms with van der Waals surface area (Å²) in [5.74, 6) is 0.0914. The van der Waals surface area contributed by atoms with Gasteiger partial charge in [-0.25, -0.2) is 0 Å². The van der Waals surface area contributed by atoms with E-state index in [2.05, 4.69) is 54.2 Å². The van der Waals surface area contributed by atoms with E-state index in [0.717, 1.165) is 48.0 Å². The van der Waals surface area contributed by atoms with E-state index in [9.17, 15) is 4.79 Å². The first kappa shape index (κ1) is 23.2. The Hall–Kier alpha value is -1.96. The van der Waals surface area contributed by atoms with Crippen molar-refractivity contribution in [1.82, 2.24) is 19.7 Å². The highest BCUT2D eigenvalue weighted by Crippen LogP contribution is 2.32. The number of nitrogens with one attached hydrogen (secondary N) is 1. The Kier molecular flexibility index (Phi) is 7.81. The number of hydrogen-bond acceptors (Lipinski definition) is 5. The maximum atomic E-state index is 13.2. The molecule has 172 valence electrons. The van der Waals surface area contributed by atoms with Crippen LogP contribution in [-0.2, 0) is 24.3 Å². The summed E-state index contributed by atoms with van der Waals surface area (Å²) in [4.78, 5) is 24.3.